The Hall–Kier alpha value is -1.86. The van der Waals surface area contributed by atoms with Gasteiger partial charge in [-0.15, -0.1) is 12.4 Å². The highest BCUT2D eigenvalue weighted by molar-refractivity contribution is 9.12. The van der Waals surface area contributed by atoms with Crippen LogP contribution in [-0.2, 0) is 19.0 Å². The van der Waals surface area contributed by atoms with Gasteiger partial charge in [-0.2, -0.15) is 55.8 Å². The molecule has 16 nitrogen and oxygen atoms in total. The number of aromatic nitrogens is 6. The molecule has 0 fully saturated rings. The van der Waals surface area contributed by atoms with Crippen LogP contribution < -0.4 is 11.1 Å². The highest BCUT2D eigenvalue weighted by Crippen LogP contribution is 2.24. The fourth-order valence-electron chi connectivity index (χ4n) is 4.36. The number of ether oxygens (including phenoxy) is 3. The normalized spacial score (nSPS) is 13.6. The summed E-state index contributed by atoms with van der Waals surface area (Å²) in [6, 6.07) is 0.399. The fourth-order valence-corrected chi connectivity index (χ4v) is 6.11. The second kappa shape index (κ2) is 34.7. The maximum atomic E-state index is 11.7. The lowest BCUT2D eigenvalue weighted by atomic mass is 10.2. The second-order valence-corrected chi connectivity index (χ2v) is 14.4. The van der Waals surface area contributed by atoms with E-state index in [4.69, 9.17) is 15.2 Å². The van der Waals surface area contributed by atoms with E-state index in [2.05, 4.69) is 101 Å². The average Bonchev–Trinajstić information content (AvgIpc) is 3.93. The van der Waals surface area contributed by atoms with Crippen molar-refractivity contribution < 1.29 is 33.4 Å². The predicted octanol–water partition coefficient (Wildman–Crippen LogP) is 8.65. The molecular weight excluding hydrogens is 1110 g/mol. The maximum Gasteiger partial charge on any atom is 0.357 e. The smallest absolute Gasteiger partial charge is 0.357 e. The number of esters is 3. The van der Waals surface area contributed by atoms with Crippen LogP contribution in [0.2, 0.25) is 0 Å². The van der Waals surface area contributed by atoms with E-state index in [1.165, 1.54) is 7.11 Å². The van der Waals surface area contributed by atoms with Crippen LogP contribution in [0.1, 0.15) is 120 Å². The molecule has 0 saturated heterocycles. The van der Waals surface area contributed by atoms with Gasteiger partial charge >= 0.3 is 17.9 Å². The number of methoxy groups -OCH3 is 1. The van der Waals surface area contributed by atoms with Crippen LogP contribution in [0.5, 0.6) is 0 Å². The minimum Gasteiger partial charge on any atom is -0.466 e. The molecule has 0 aromatic carbocycles. The third-order valence-corrected chi connectivity index (χ3v) is 9.75. The van der Waals surface area contributed by atoms with Gasteiger partial charge in [-0.1, -0.05) is 29.2 Å². The van der Waals surface area contributed by atoms with Crippen LogP contribution in [0.25, 0.3) is 0 Å². The molecule has 0 saturated carbocycles. The Kier molecular flexibility index (Phi) is 40.5. The van der Waals surface area contributed by atoms with Crippen LogP contribution in [0.4, 0.5) is 0 Å². The number of nitrogens with two attached hydrogens (primary N) is 1. The number of hydrogen-bond acceptors (Lipinski definition) is 12. The number of carbonyl (C=O) groups excluding carboxylic acids is 4. The van der Waals surface area contributed by atoms with E-state index in [1.54, 1.807) is 52.7 Å². The standard InChI is InChI=1S/C10H15BrN2O2.C9H14BrN3O2.C7H8BrN3O.C6H6BrNO2.3CH4.ClH.3H2S/c1-4-7(3)13-9(8(11)6-12-13)10(14)15-5-2;1-3-15-9(14)8-7(10)5-12-13(8)6(2)4-11;1-4-2-9-7(12)6-5(8)3-10-11(4)6;1-10-6(9)4-2-8-3-5(4)7;;;;;;;/h6-7H,4-5H2,1-3H3;5-6H,3-4,11H2,1-2H3;3-4H,2H2,1H3,(H,9,12);3H,2H2,1H3;3*1H4;1H;3*1H2/t7-;6-;4-;;;;;;;;/m000......../s1. The molecule has 3 N–H and O–H groups in total. The number of fused-ring (bicyclic) bond motifs is 1. The zero-order valence-electron chi connectivity index (χ0n) is 31.8. The van der Waals surface area contributed by atoms with Gasteiger partial charge in [0, 0.05) is 29.8 Å². The first-order valence-corrected chi connectivity index (χ1v) is 19.3. The molecule has 2 aliphatic rings. The maximum absolute atomic E-state index is 11.7. The van der Waals surface area contributed by atoms with Crippen molar-refractivity contribution in [1.82, 2.24) is 34.7 Å². The largest absolute Gasteiger partial charge is 0.466 e. The second-order valence-electron chi connectivity index (χ2n) is 11.0. The summed E-state index contributed by atoms with van der Waals surface area (Å²) in [5, 5.41) is 15.1. The highest BCUT2D eigenvalue weighted by atomic mass is 79.9. The topological polar surface area (TPSA) is 200 Å². The number of nitrogens with zero attached hydrogens (tertiary/aromatic N) is 7. The summed E-state index contributed by atoms with van der Waals surface area (Å²) in [7, 11) is 1.36. The van der Waals surface area contributed by atoms with Gasteiger partial charge in [0.15, 0.2) is 11.4 Å². The van der Waals surface area contributed by atoms with Gasteiger partial charge in [-0.3, -0.25) is 23.8 Å². The molecule has 1 amide bonds. The van der Waals surface area contributed by atoms with Gasteiger partial charge in [-0.25, -0.2) is 14.4 Å². The summed E-state index contributed by atoms with van der Waals surface area (Å²) in [5.74, 6) is -1.09. The van der Waals surface area contributed by atoms with E-state index in [0.717, 1.165) is 15.4 Å². The Morgan fingerprint density at radius 3 is 1.66 bits per heavy atom. The monoisotopic (exact) mass is 1170 g/mol. The molecule has 0 aliphatic carbocycles. The molecule has 3 aromatic heterocycles. The molecule has 342 valence electrons. The van der Waals surface area contributed by atoms with Gasteiger partial charge in [-0.05, 0) is 105 Å². The molecule has 3 atom stereocenters. The quantitative estimate of drug-likeness (QED) is 0.154. The molecule has 59 heavy (non-hydrogen) atoms. The van der Waals surface area contributed by atoms with Gasteiger partial charge in [0.1, 0.15) is 5.69 Å². The number of halogens is 5. The first-order valence-electron chi connectivity index (χ1n) is 16.2. The number of amides is 1. The van der Waals surface area contributed by atoms with Crippen LogP contribution in [-0.4, -0.2) is 99.3 Å². The molecule has 5 heterocycles. The number of allylic oxidation sites excluding steroid dienone is 1. The van der Waals surface area contributed by atoms with Crippen LogP contribution in [0.15, 0.2) is 47.1 Å². The molecule has 0 spiro atoms. The third kappa shape index (κ3) is 19.4. The molecule has 0 unspecified atom stereocenters. The Bertz CT molecular complexity index is 1710. The van der Waals surface area contributed by atoms with Crippen molar-refractivity contribution in [1.29, 1.82) is 0 Å². The van der Waals surface area contributed by atoms with Crippen molar-refractivity contribution in [3.8, 4) is 0 Å². The Morgan fingerprint density at radius 1 is 0.831 bits per heavy atom. The molecule has 24 heteroatoms. The molecule has 3 aromatic rings. The fraction of sp³-hybridized carbons (Fsp3) is 0.543. The van der Waals surface area contributed by atoms with Crippen molar-refractivity contribution in [2.24, 2.45) is 10.7 Å². The van der Waals surface area contributed by atoms with Crippen LogP contribution in [0.3, 0.4) is 0 Å². The van der Waals surface area contributed by atoms with Gasteiger partial charge in [0.05, 0.1) is 76.5 Å². The van der Waals surface area contributed by atoms with Gasteiger partial charge < -0.3 is 25.3 Å². The van der Waals surface area contributed by atoms with E-state index in [9.17, 15) is 19.2 Å². The average molecular weight is 1170 g/mol. The lowest BCUT2D eigenvalue weighted by Crippen LogP contribution is -2.38. The lowest BCUT2D eigenvalue weighted by molar-refractivity contribution is -0.136. The van der Waals surface area contributed by atoms with E-state index < -0.39 is 0 Å². The highest BCUT2D eigenvalue weighted by Gasteiger charge is 2.25. The lowest BCUT2D eigenvalue weighted by Gasteiger charge is -2.21. The van der Waals surface area contributed by atoms with E-state index in [-0.39, 0.29) is 117 Å². The molecule has 0 bridgehead atoms. The first kappa shape index (κ1) is 68.9. The Labute approximate surface area is 409 Å². The minimum atomic E-state index is -0.387. The summed E-state index contributed by atoms with van der Waals surface area (Å²) < 4.78 is 22.2. The summed E-state index contributed by atoms with van der Waals surface area (Å²) >= 11 is 13.0. The molecule has 2 aliphatic heterocycles. The number of hydrogen-bond donors (Lipinski definition) is 2. The zero-order valence-corrected chi connectivity index (χ0v) is 41.9. The van der Waals surface area contributed by atoms with Crippen LogP contribution >= 0.6 is 117 Å². The van der Waals surface area contributed by atoms with Crippen molar-refractivity contribution in [3.05, 3.63) is 59.1 Å². The van der Waals surface area contributed by atoms with Crippen molar-refractivity contribution >= 4 is 147 Å². The number of carbonyl (C=O) groups is 4. The van der Waals surface area contributed by atoms with Gasteiger partial charge in [0.2, 0.25) is 0 Å². The van der Waals surface area contributed by atoms with Gasteiger partial charge in [0.25, 0.3) is 5.91 Å². The van der Waals surface area contributed by atoms with Crippen LogP contribution in [0, 0.1) is 0 Å². The first-order chi connectivity index (χ1) is 24.7. The molecular formula is C35H62Br4ClN9O7S3. The summed E-state index contributed by atoms with van der Waals surface area (Å²) in [6.45, 7) is 13.7. The van der Waals surface area contributed by atoms with E-state index in [1.807, 2.05) is 20.8 Å². The summed E-state index contributed by atoms with van der Waals surface area (Å²) in [6.07, 6.45) is 7.36. The number of rotatable bonds is 9. The Morgan fingerprint density at radius 2 is 1.29 bits per heavy atom. The third-order valence-electron chi connectivity index (χ3n) is 7.32. The Balaban J connectivity index is -0.000000154. The molecule has 5 rings (SSSR count). The molecule has 0 radical (unpaired) electrons. The van der Waals surface area contributed by atoms with E-state index >= 15 is 0 Å². The van der Waals surface area contributed by atoms with Crippen molar-refractivity contribution in [2.45, 2.75) is 88.4 Å². The summed E-state index contributed by atoms with van der Waals surface area (Å²) in [4.78, 5) is 49.3. The van der Waals surface area contributed by atoms with Crippen molar-refractivity contribution in [3.63, 3.8) is 0 Å². The minimum absolute atomic E-state index is 0. The number of nitrogens with one attached hydrogen (secondary N) is 1. The van der Waals surface area contributed by atoms with Crippen molar-refractivity contribution in [2.75, 3.05) is 40.0 Å². The SMILES string of the molecule is C.C.C.CCOC(=O)c1c(Br)cnn1[C@@H](C)CC.CCOC(=O)c1c(Br)cnn1[C@@H](C)CN.COC(=O)C1=C(Br)C=NC1.C[C@H]1CNC(=O)c2c(Br)cnn21.Cl.S.S.S. The number of aliphatic imine (C=N–C) groups is 1. The zero-order chi connectivity index (χ0) is 39.1. The predicted molar refractivity (Wildman–Crippen MR) is 267 cm³/mol. The summed E-state index contributed by atoms with van der Waals surface area (Å²) in [5.41, 5.74) is 7.64. The van der Waals surface area contributed by atoms with E-state index in [0.29, 0.717) is 64.4 Å².